The number of ketones is 1. The van der Waals surface area contributed by atoms with E-state index in [1.54, 1.807) is 25.5 Å². The lowest BCUT2D eigenvalue weighted by molar-refractivity contribution is -0.117. The van der Waals surface area contributed by atoms with E-state index in [1.807, 2.05) is 26.0 Å². The molecule has 2 aromatic rings. The molecule has 0 bridgehead atoms. The summed E-state index contributed by atoms with van der Waals surface area (Å²) in [7, 11) is 1.72. The van der Waals surface area contributed by atoms with E-state index in [9.17, 15) is 9.59 Å². The first kappa shape index (κ1) is 25.4. The van der Waals surface area contributed by atoms with Crippen molar-refractivity contribution in [2.75, 3.05) is 12.4 Å². The number of allylic oxidation sites excluding steroid dienone is 2. The number of hydrogen-bond acceptors (Lipinski definition) is 4. The molecule has 180 valence electrons. The van der Waals surface area contributed by atoms with Crippen molar-refractivity contribution in [3.63, 3.8) is 0 Å². The Hall–Kier alpha value is -3.21. The van der Waals surface area contributed by atoms with Crippen LogP contribution >= 0.6 is 0 Å². The molecule has 0 saturated heterocycles. The van der Waals surface area contributed by atoms with Gasteiger partial charge in [-0.2, -0.15) is 0 Å². The van der Waals surface area contributed by atoms with E-state index in [4.69, 9.17) is 4.74 Å². The molecule has 1 fully saturated rings. The van der Waals surface area contributed by atoms with Gasteiger partial charge in [0.15, 0.2) is 5.78 Å². The molecule has 5 heteroatoms. The molecule has 1 aliphatic heterocycles. The zero-order chi connectivity index (χ0) is 24.5. The van der Waals surface area contributed by atoms with Crippen LogP contribution < -0.4 is 10.1 Å². The van der Waals surface area contributed by atoms with Crippen LogP contribution in [0.3, 0.4) is 0 Å². The lowest BCUT2D eigenvalue weighted by atomic mass is 9.84. The Morgan fingerprint density at radius 1 is 1.00 bits per heavy atom. The first-order valence-electron chi connectivity index (χ1n) is 12.1. The molecular formula is C29H36N2O3. The lowest BCUT2D eigenvalue weighted by Gasteiger charge is -2.21. The molecule has 1 amide bonds. The summed E-state index contributed by atoms with van der Waals surface area (Å²) in [6.45, 7) is 5.32. The number of Topliss-reactive ketones (excluding diaryl/α,β-unsaturated/α-hetero) is 1. The predicted molar refractivity (Wildman–Crippen MR) is 139 cm³/mol. The maximum absolute atomic E-state index is 12.2. The number of benzene rings is 2. The van der Waals surface area contributed by atoms with Gasteiger partial charge in [-0.15, -0.1) is 0 Å². The SMILES string of the molecule is CC(=O)c1ccc(C)c(NC(=O)C2C=NC(C)=CC2)c1.COc1ccc(C2CCCCC2)cc1. The number of rotatable bonds is 5. The minimum atomic E-state index is -0.251. The number of ether oxygens (including phenoxy) is 1. The summed E-state index contributed by atoms with van der Waals surface area (Å²) in [6, 6.07) is 13.9. The highest BCUT2D eigenvalue weighted by Crippen LogP contribution is 2.33. The number of anilines is 1. The quantitative estimate of drug-likeness (QED) is 0.495. The second kappa shape index (κ2) is 12.3. The van der Waals surface area contributed by atoms with Gasteiger partial charge in [-0.1, -0.05) is 49.6 Å². The normalized spacial score (nSPS) is 17.8. The zero-order valence-corrected chi connectivity index (χ0v) is 20.8. The van der Waals surface area contributed by atoms with Gasteiger partial charge in [0.05, 0.1) is 13.0 Å². The summed E-state index contributed by atoms with van der Waals surface area (Å²) in [6.07, 6.45) is 11.2. The van der Waals surface area contributed by atoms with Gasteiger partial charge in [0.25, 0.3) is 0 Å². The molecule has 0 radical (unpaired) electrons. The van der Waals surface area contributed by atoms with Crippen LogP contribution in [0.1, 0.15) is 79.8 Å². The summed E-state index contributed by atoms with van der Waals surface area (Å²) in [4.78, 5) is 27.7. The topological polar surface area (TPSA) is 67.8 Å². The standard InChI is InChI=1S/C16H18N2O2.C13H18O/c1-10-4-6-13(12(3)19)8-15(10)18-16(20)14-7-5-11(2)17-9-14;1-14-13-9-7-12(8-10-13)11-5-3-2-4-6-11/h4-6,8-9,14H,7H2,1-3H3,(H,18,20);7-11H,2-6H2,1H3. The average Bonchev–Trinajstić information content (AvgIpc) is 2.86. The molecule has 0 aromatic heterocycles. The molecule has 0 spiro atoms. The van der Waals surface area contributed by atoms with Gasteiger partial charge in [0, 0.05) is 23.2 Å². The van der Waals surface area contributed by atoms with E-state index in [1.165, 1.54) is 44.6 Å². The van der Waals surface area contributed by atoms with E-state index in [2.05, 4.69) is 34.6 Å². The Balaban J connectivity index is 0.000000202. The summed E-state index contributed by atoms with van der Waals surface area (Å²) >= 11 is 0. The fourth-order valence-electron chi connectivity index (χ4n) is 4.31. The number of nitrogens with zero attached hydrogens (tertiary/aromatic N) is 1. The van der Waals surface area contributed by atoms with Crippen molar-refractivity contribution in [3.05, 3.63) is 70.9 Å². The summed E-state index contributed by atoms with van der Waals surface area (Å²) in [5, 5.41) is 2.88. The van der Waals surface area contributed by atoms with Gasteiger partial charge in [-0.25, -0.2) is 0 Å². The smallest absolute Gasteiger partial charge is 0.233 e. The van der Waals surface area contributed by atoms with Crippen molar-refractivity contribution in [1.82, 2.24) is 0 Å². The molecular weight excluding hydrogens is 424 g/mol. The van der Waals surface area contributed by atoms with Crippen LogP contribution in [-0.2, 0) is 4.79 Å². The molecule has 2 aliphatic rings. The molecule has 1 saturated carbocycles. The Morgan fingerprint density at radius 2 is 1.71 bits per heavy atom. The minimum Gasteiger partial charge on any atom is -0.497 e. The van der Waals surface area contributed by atoms with Crippen LogP contribution in [0.15, 0.2) is 59.2 Å². The van der Waals surface area contributed by atoms with Crippen LogP contribution in [0.5, 0.6) is 5.75 Å². The largest absolute Gasteiger partial charge is 0.497 e. The summed E-state index contributed by atoms with van der Waals surface area (Å²) < 4.78 is 5.16. The lowest BCUT2D eigenvalue weighted by Crippen LogP contribution is -2.25. The van der Waals surface area contributed by atoms with Crippen LogP contribution in [0.25, 0.3) is 0 Å². The molecule has 34 heavy (non-hydrogen) atoms. The molecule has 1 N–H and O–H groups in total. The molecule has 2 aromatic carbocycles. The van der Waals surface area contributed by atoms with E-state index in [0.717, 1.165) is 22.9 Å². The molecule has 4 rings (SSSR count). The maximum atomic E-state index is 12.2. The second-order valence-corrected chi connectivity index (χ2v) is 9.15. The molecule has 1 heterocycles. The van der Waals surface area contributed by atoms with Crippen molar-refractivity contribution >= 4 is 23.6 Å². The fourth-order valence-corrected chi connectivity index (χ4v) is 4.31. The van der Waals surface area contributed by atoms with Gasteiger partial charge in [-0.3, -0.25) is 14.6 Å². The number of hydrogen-bond donors (Lipinski definition) is 1. The number of carbonyl (C=O) groups is 2. The second-order valence-electron chi connectivity index (χ2n) is 9.15. The van der Waals surface area contributed by atoms with Crippen LogP contribution in [-0.4, -0.2) is 25.0 Å². The van der Waals surface area contributed by atoms with Crippen LogP contribution in [0.2, 0.25) is 0 Å². The molecule has 1 atom stereocenters. The number of amides is 1. The highest BCUT2D eigenvalue weighted by molar-refractivity contribution is 6.04. The highest BCUT2D eigenvalue weighted by atomic mass is 16.5. The van der Waals surface area contributed by atoms with E-state index in [-0.39, 0.29) is 17.6 Å². The number of nitrogens with one attached hydrogen (secondary N) is 1. The highest BCUT2D eigenvalue weighted by Gasteiger charge is 2.19. The average molecular weight is 461 g/mol. The van der Waals surface area contributed by atoms with E-state index in [0.29, 0.717) is 17.7 Å². The van der Waals surface area contributed by atoms with Gasteiger partial charge in [-0.05, 0) is 75.3 Å². The first-order chi connectivity index (χ1) is 16.4. The maximum Gasteiger partial charge on any atom is 0.233 e. The summed E-state index contributed by atoms with van der Waals surface area (Å²) in [5.41, 5.74) is 4.64. The van der Waals surface area contributed by atoms with Gasteiger partial charge in [0.1, 0.15) is 5.75 Å². The Kier molecular flexibility index (Phi) is 9.20. The molecule has 5 nitrogen and oxygen atoms in total. The number of carbonyl (C=O) groups excluding carboxylic acids is 2. The monoisotopic (exact) mass is 460 g/mol. The van der Waals surface area contributed by atoms with Gasteiger partial charge >= 0.3 is 0 Å². The zero-order valence-electron chi connectivity index (χ0n) is 20.8. The van der Waals surface area contributed by atoms with Crippen LogP contribution in [0, 0.1) is 12.8 Å². The predicted octanol–water partition coefficient (Wildman–Crippen LogP) is 6.87. The van der Waals surface area contributed by atoms with E-state index < -0.39 is 0 Å². The van der Waals surface area contributed by atoms with Crippen molar-refractivity contribution in [1.29, 1.82) is 0 Å². The van der Waals surface area contributed by atoms with Crippen molar-refractivity contribution < 1.29 is 14.3 Å². The fraction of sp³-hybridized carbons (Fsp3) is 0.414. The van der Waals surface area contributed by atoms with Gasteiger partial charge in [0.2, 0.25) is 5.91 Å². The van der Waals surface area contributed by atoms with Crippen molar-refractivity contribution in [2.45, 2.75) is 65.2 Å². The Labute approximate surface area is 203 Å². The van der Waals surface area contributed by atoms with Crippen molar-refractivity contribution in [2.24, 2.45) is 10.9 Å². The molecule has 1 aliphatic carbocycles. The van der Waals surface area contributed by atoms with Crippen molar-refractivity contribution in [3.8, 4) is 5.75 Å². The summed E-state index contributed by atoms with van der Waals surface area (Å²) in [5.74, 6) is 1.40. The first-order valence-corrected chi connectivity index (χ1v) is 12.1. The Bertz CT molecular complexity index is 1050. The van der Waals surface area contributed by atoms with Gasteiger partial charge < -0.3 is 10.1 Å². The third kappa shape index (κ3) is 7.14. The number of aryl methyl sites for hydroxylation is 1. The molecule has 1 unspecified atom stereocenters. The number of aliphatic imine (C=N–C) groups is 1. The van der Waals surface area contributed by atoms with Crippen LogP contribution in [0.4, 0.5) is 5.69 Å². The minimum absolute atomic E-state index is 0.0155. The third-order valence-electron chi connectivity index (χ3n) is 6.56. The Morgan fingerprint density at radius 3 is 2.29 bits per heavy atom. The third-order valence-corrected chi connectivity index (χ3v) is 6.56. The van der Waals surface area contributed by atoms with E-state index >= 15 is 0 Å². The number of methoxy groups -OCH3 is 1.